The summed E-state index contributed by atoms with van der Waals surface area (Å²) in [6.07, 6.45) is -5.07. The predicted molar refractivity (Wildman–Crippen MR) is 55.8 cm³/mol. The van der Waals surface area contributed by atoms with Crippen LogP contribution in [0.1, 0.15) is 10.4 Å². The molecule has 0 radical (unpaired) electrons. The second-order valence-electron chi connectivity index (χ2n) is 2.92. The van der Waals surface area contributed by atoms with E-state index >= 15 is 0 Å². The smallest absolute Gasteiger partial charge is 0.471 e. The Labute approximate surface area is 102 Å². The highest BCUT2D eigenvalue weighted by Crippen LogP contribution is 2.26. The average Bonchev–Trinajstić information content (AvgIpc) is 2.15. The summed E-state index contributed by atoms with van der Waals surface area (Å²) in [4.78, 5) is 21.5. The van der Waals surface area contributed by atoms with Gasteiger partial charge in [-0.1, -0.05) is 6.07 Å². The van der Waals surface area contributed by atoms with E-state index < -0.39 is 29.3 Å². The largest absolute Gasteiger partial charge is 0.478 e. The number of benzene rings is 1. The van der Waals surface area contributed by atoms with Crippen molar-refractivity contribution in [2.45, 2.75) is 6.18 Å². The van der Waals surface area contributed by atoms with Gasteiger partial charge >= 0.3 is 18.1 Å². The van der Waals surface area contributed by atoms with Gasteiger partial charge in [-0.25, -0.2) is 4.79 Å². The lowest BCUT2D eigenvalue weighted by atomic mass is 10.2. The molecule has 0 saturated heterocycles. The monoisotopic (exact) mass is 311 g/mol. The molecule has 1 aromatic rings. The van der Waals surface area contributed by atoms with Crippen molar-refractivity contribution < 1.29 is 27.9 Å². The summed E-state index contributed by atoms with van der Waals surface area (Å²) in [5, 5.41) is 10.3. The molecule has 1 amide bonds. The molecule has 92 valence electrons. The number of carbonyl (C=O) groups is 2. The highest BCUT2D eigenvalue weighted by atomic mass is 79.9. The van der Waals surface area contributed by atoms with Crippen LogP contribution in [0, 0.1) is 0 Å². The summed E-state index contributed by atoms with van der Waals surface area (Å²) < 4.78 is 36.1. The zero-order chi connectivity index (χ0) is 13.2. The summed E-state index contributed by atoms with van der Waals surface area (Å²) in [6, 6.07) is 3.72. The van der Waals surface area contributed by atoms with E-state index in [0.29, 0.717) is 0 Å². The SMILES string of the molecule is O=C(O)c1c(Br)cccc1NC(=O)C(F)(F)F. The molecular weight excluding hydrogens is 307 g/mol. The number of hydrogen-bond acceptors (Lipinski definition) is 2. The first kappa shape index (κ1) is 13.5. The van der Waals surface area contributed by atoms with E-state index in [1.165, 1.54) is 17.4 Å². The lowest BCUT2D eigenvalue weighted by Gasteiger charge is -2.11. The number of amides is 1. The number of anilines is 1. The number of nitrogens with one attached hydrogen (secondary N) is 1. The van der Waals surface area contributed by atoms with Gasteiger partial charge in [0.25, 0.3) is 0 Å². The topological polar surface area (TPSA) is 66.4 Å². The van der Waals surface area contributed by atoms with Crippen LogP contribution in [0.3, 0.4) is 0 Å². The minimum Gasteiger partial charge on any atom is -0.478 e. The number of carboxylic acid groups (broad SMARTS) is 1. The minimum absolute atomic E-state index is 0.0741. The van der Waals surface area contributed by atoms with Crippen molar-refractivity contribution in [1.82, 2.24) is 0 Å². The first-order valence-electron chi connectivity index (χ1n) is 4.13. The summed E-state index contributed by atoms with van der Waals surface area (Å²) in [5.74, 6) is -3.67. The molecule has 1 aromatic carbocycles. The zero-order valence-corrected chi connectivity index (χ0v) is 9.59. The number of rotatable bonds is 2. The van der Waals surface area contributed by atoms with E-state index in [1.54, 1.807) is 0 Å². The van der Waals surface area contributed by atoms with Gasteiger partial charge in [0.2, 0.25) is 0 Å². The van der Waals surface area contributed by atoms with Gasteiger partial charge in [0, 0.05) is 4.47 Å². The van der Waals surface area contributed by atoms with Gasteiger partial charge in [0.1, 0.15) is 0 Å². The first-order chi connectivity index (χ1) is 7.73. The normalized spacial score (nSPS) is 11.1. The predicted octanol–water partition coefficient (Wildman–Crippen LogP) is 2.65. The van der Waals surface area contributed by atoms with E-state index in [-0.39, 0.29) is 4.47 Å². The van der Waals surface area contributed by atoms with Gasteiger partial charge in [-0.05, 0) is 28.1 Å². The number of aromatic carboxylic acids is 1. The molecule has 0 unspecified atom stereocenters. The van der Waals surface area contributed by atoms with Gasteiger partial charge < -0.3 is 10.4 Å². The van der Waals surface area contributed by atoms with E-state index in [2.05, 4.69) is 15.9 Å². The molecule has 0 fully saturated rings. The molecule has 17 heavy (non-hydrogen) atoms. The molecule has 0 aliphatic rings. The molecular formula is C9H5BrF3NO3. The molecule has 0 saturated carbocycles. The Morgan fingerprint density at radius 3 is 2.35 bits per heavy atom. The lowest BCUT2D eigenvalue weighted by Crippen LogP contribution is -2.30. The van der Waals surface area contributed by atoms with Gasteiger partial charge in [0.15, 0.2) is 0 Å². The Morgan fingerprint density at radius 1 is 1.29 bits per heavy atom. The highest BCUT2D eigenvalue weighted by molar-refractivity contribution is 9.10. The molecule has 0 spiro atoms. The Kier molecular flexibility index (Phi) is 3.76. The van der Waals surface area contributed by atoms with E-state index in [4.69, 9.17) is 5.11 Å². The third kappa shape index (κ3) is 3.19. The van der Waals surface area contributed by atoms with Crippen molar-refractivity contribution >= 4 is 33.5 Å². The molecule has 1 rings (SSSR count). The minimum atomic E-state index is -5.07. The van der Waals surface area contributed by atoms with Crippen LogP contribution >= 0.6 is 15.9 Å². The molecule has 8 heteroatoms. The number of hydrogen-bond donors (Lipinski definition) is 2. The van der Waals surface area contributed by atoms with Crippen LogP contribution in [-0.4, -0.2) is 23.2 Å². The standard InChI is InChI=1S/C9H5BrF3NO3/c10-4-2-1-3-5(6(4)7(15)16)14-8(17)9(11,12)13/h1-3H,(H,14,17)(H,15,16). The molecule has 0 aliphatic carbocycles. The number of alkyl halides is 3. The fourth-order valence-corrected chi connectivity index (χ4v) is 1.57. The second-order valence-corrected chi connectivity index (χ2v) is 3.77. The van der Waals surface area contributed by atoms with Crippen LogP contribution in [0.2, 0.25) is 0 Å². The van der Waals surface area contributed by atoms with Crippen LogP contribution in [0.4, 0.5) is 18.9 Å². The van der Waals surface area contributed by atoms with Crippen molar-refractivity contribution in [1.29, 1.82) is 0 Å². The van der Waals surface area contributed by atoms with Crippen LogP contribution in [0.5, 0.6) is 0 Å². The van der Waals surface area contributed by atoms with Crippen LogP contribution in [-0.2, 0) is 4.79 Å². The van der Waals surface area contributed by atoms with Gasteiger partial charge in [-0.15, -0.1) is 0 Å². The third-order valence-corrected chi connectivity index (χ3v) is 2.39. The molecule has 4 nitrogen and oxygen atoms in total. The maximum Gasteiger partial charge on any atom is 0.471 e. The summed E-state index contributed by atoms with van der Waals surface area (Å²) >= 11 is 2.87. The number of carboxylic acids is 1. The van der Waals surface area contributed by atoms with Crippen LogP contribution in [0.15, 0.2) is 22.7 Å². The fraction of sp³-hybridized carbons (Fsp3) is 0.111. The maximum atomic E-state index is 12.0. The van der Waals surface area contributed by atoms with Crippen LogP contribution in [0.25, 0.3) is 0 Å². The molecule has 0 aliphatic heterocycles. The number of carbonyl (C=O) groups excluding carboxylic acids is 1. The van der Waals surface area contributed by atoms with Crippen molar-refractivity contribution in [3.8, 4) is 0 Å². The fourth-order valence-electron chi connectivity index (χ4n) is 1.04. The van der Waals surface area contributed by atoms with E-state index in [9.17, 15) is 22.8 Å². The lowest BCUT2D eigenvalue weighted by molar-refractivity contribution is -0.167. The Morgan fingerprint density at radius 2 is 1.88 bits per heavy atom. The van der Waals surface area contributed by atoms with Crippen molar-refractivity contribution in [2.24, 2.45) is 0 Å². The van der Waals surface area contributed by atoms with Crippen molar-refractivity contribution in [3.63, 3.8) is 0 Å². The van der Waals surface area contributed by atoms with Crippen molar-refractivity contribution in [2.75, 3.05) is 5.32 Å². The summed E-state index contributed by atoms with van der Waals surface area (Å²) in [7, 11) is 0. The zero-order valence-electron chi connectivity index (χ0n) is 8.01. The molecule has 0 heterocycles. The third-order valence-electron chi connectivity index (χ3n) is 1.73. The Hall–Kier alpha value is -1.57. The average molecular weight is 312 g/mol. The van der Waals surface area contributed by atoms with E-state index in [0.717, 1.165) is 6.07 Å². The second kappa shape index (κ2) is 4.74. The quantitative estimate of drug-likeness (QED) is 0.882. The summed E-state index contributed by atoms with van der Waals surface area (Å²) in [5.41, 5.74) is -0.862. The Bertz CT molecular complexity index is 473. The molecule has 0 bridgehead atoms. The highest BCUT2D eigenvalue weighted by Gasteiger charge is 2.39. The number of halogens is 4. The molecule has 0 aromatic heterocycles. The van der Waals surface area contributed by atoms with E-state index in [1.807, 2.05) is 0 Å². The molecule has 0 atom stereocenters. The molecule has 2 N–H and O–H groups in total. The van der Waals surface area contributed by atoms with Crippen molar-refractivity contribution in [3.05, 3.63) is 28.2 Å². The Balaban J connectivity index is 3.12. The maximum absolute atomic E-state index is 12.0. The van der Waals surface area contributed by atoms with Crippen LogP contribution < -0.4 is 5.32 Å². The summed E-state index contributed by atoms with van der Waals surface area (Å²) in [6.45, 7) is 0. The van der Waals surface area contributed by atoms with Gasteiger partial charge in [0.05, 0.1) is 11.3 Å². The van der Waals surface area contributed by atoms with Gasteiger partial charge in [-0.2, -0.15) is 13.2 Å². The van der Waals surface area contributed by atoms with Gasteiger partial charge in [-0.3, -0.25) is 4.79 Å². The first-order valence-corrected chi connectivity index (χ1v) is 4.92.